The van der Waals surface area contributed by atoms with Gasteiger partial charge in [0.25, 0.3) is 11.8 Å². The fourth-order valence-corrected chi connectivity index (χ4v) is 7.10. The molecule has 12 heteroatoms. The van der Waals surface area contributed by atoms with Crippen molar-refractivity contribution >= 4 is 33.4 Å². The van der Waals surface area contributed by atoms with Gasteiger partial charge in [-0.1, -0.05) is 54.8 Å². The molecule has 0 unspecified atom stereocenters. The van der Waals surface area contributed by atoms with Crippen LogP contribution < -0.4 is 14.9 Å². The van der Waals surface area contributed by atoms with E-state index in [1.165, 1.54) is 7.11 Å². The first kappa shape index (κ1) is 30.0. The van der Waals surface area contributed by atoms with Gasteiger partial charge in [0.15, 0.2) is 0 Å². The lowest BCUT2D eigenvalue weighted by molar-refractivity contribution is -0.138. The van der Waals surface area contributed by atoms with Gasteiger partial charge in [-0.3, -0.25) is 19.4 Å². The molecule has 0 radical (unpaired) electrons. The van der Waals surface area contributed by atoms with Crippen molar-refractivity contribution in [1.29, 1.82) is 0 Å². The topological polar surface area (TPSA) is 127 Å². The lowest BCUT2D eigenvalue weighted by Gasteiger charge is -2.49. The molecule has 2 amide bonds. The van der Waals surface area contributed by atoms with E-state index in [0.29, 0.717) is 46.0 Å². The molecule has 10 nitrogen and oxygen atoms in total. The summed E-state index contributed by atoms with van der Waals surface area (Å²) in [6.07, 6.45) is 5.45. The molecule has 3 aromatic rings. The number of carbonyl (C=O) groups excluding carboxylic acids is 2. The van der Waals surface area contributed by atoms with E-state index in [1.54, 1.807) is 65.7 Å². The Morgan fingerprint density at radius 3 is 2.55 bits per heavy atom. The van der Waals surface area contributed by atoms with Crippen molar-refractivity contribution in [2.45, 2.75) is 56.3 Å². The van der Waals surface area contributed by atoms with Gasteiger partial charge in [0.2, 0.25) is 10.0 Å². The van der Waals surface area contributed by atoms with E-state index in [4.69, 9.17) is 21.2 Å². The second kappa shape index (κ2) is 12.8. The van der Waals surface area contributed by atoms with Crippen LogP contribution in [0.5, 0.6) is 5.75 Å². The highest BCUT2D eigenvalue weighted by Crippen LogP contribution is 2.48. The minimum absolute atomic E-state index is 0.0422. The molecule has 2 aliphatic rings. The number of amides is 2. The molecule has 2 N–H and O–H groups in total. The summed E-state index contributed by atoms with van der Waals surface area (Å²) in [6.45, 7) is 0.0422. The van der Waals surface area contributed by atoms with Crippen LogP contribution in [0.3, 0.4) is 0 Å². The third-order valence-electron chi connectivity index (χ3n) is 7.76. The van der Waals surface area contributed by atoms with E-state index < -0.39 is 40.0 Å². The molecule has 0 bridgehead atoms. The Labute approximate surface area is 250 Å². The van der Waals surface area contributed by atoms with Gasteiger partial charge in [-0.2, -0.15) is 0 Å². The molecule has 0 saturated heterocycles. The van der Waals surface area contributed by atoms with Crippen molar-refractivity contribution in [1.82, 2.24) is 20.1 Å². The maximum atomic E-state index is 14.3. The third kappa shape index (κ3) is 6.44. The number of benzene rings is 2. The summed E-state index contributed by atoms with van der Waals surface area (Å²) in [5.74, 6) is -1.18. The fraction of sp³-hybridized carbons (Fsp3) is 0.367. The van der Waals surface area contributed by atoms with Crippen molar-refractivity contribution in [2.24, 2.45) is 0 Å². The van der Waals surface area contributed by atoms with Crippen LogP contribution in [0, 0.1) is 0 Å². The second-order valence-corrected chi connectivity index (χ2v) is 12.7. The molecule has 2 heterocycles. The largest absolute Gasteiger partial charge is 0.497 e. The molecule has 222 valence electrons. The molecule has 1 aromatic heterocycles. The van der Waals surface area contributed by atoms with E-state index in [9.17, 15) is 18.0 Å². The Hall–Kier alpha value is -3.51. The first-order valence-corrected chi connectivity index (χ1v) is 16.0. The highest BCUT2D eigenvalue weighted by molar-refractivity contribution is 7.88. The average Bonchev–Trinajstić information content (AvgIpc) is 2.97. The molecule has 1 saturated carbocycles. The van der Waals surface area contributed by atoms with E-state index in [1.807, 2.05) is 6.07 Å². The maximum Gasteiger partial charge on any atom is 0.255 e. The fourth-order valence-electron chi connectivity index (χ4n) is 5.99. The van der Waals surface area contributed by atoms with Crippen molar-refractivity contribution in [3.8, 4) is 5.75 Å². The zero-order chi connectivity index (χ0) is 29.9. The summed E-state index contributed by atoms with van der Waals surface area (Å²) in [5.41, 5.74) is 4.63. The van der Waals surface area contributed by atoms with Crippen molar-refractivity contribution in [3.05, 3.63) is 94.3 Å². The number of nitrogens with zero attached hydrogens (tertiary/aromatic N) is 2. The summed E-state index contributed by atoms with van der Waals surface area (Å²) < 4.78 is 32.8. The molecule has 5 rings (SSSR count). The lowest BCUT2D eigenvalue weighted by Crippen LogP contribution is -2.59. The average molecular weight is 613 g/mol. The summed E-state index contributed by atoms with van der Waals surface area (Å²) in [6, 6.07) is 15.5. The number of aromatic nitrogens is 1. The first-order valence-electron chi connectivity index (χ1n) is 13.7. The number of fused-ring (bicyclic) bond motifs is 1. The minimum Gasteiger partial charge on any atom is -0.497 e. The summed E-state index contributed by atoms with van der Waals surface area (Å²) >= 11 is 6.82. The van der Waals surface area contributed by atoms with E-state index in [2.05, 4.69) is 15.2 Å². The Balaban J connectivity index is 1.61. The number of nitrogens with one attached hydrogen (secondary N) is 2. The number of carbonyl (C=O) groups is 2. The molecule has 1 aliphatic carbocycles. The number of rotatable bonds is 9. The van der Waals surface area contributed by atoms with Gasteiger partial charge in [-0.05, 0) is 54.3 Å². The molecule has 4 atom stereocenters. The standard InChI is InChI=1S/C30H33ClN4O6S/c1-40-20-14-15-23(24(31)17-20)28-27(29(36)33-41-18-19-9-7-8-16-32-19)21-10-3-4-11-22(21)30(37)35(28)26-13-6-5-12-25(26)34-42(2,38)39/h3-4,7-11,14-17,25-28,34H,5-6,12-13,18H2,1-2H3,(H,33,36)/t25-,26-,27+,28-/m0/s1. The molecule has 42 heavy (non-hydrogen) atoms. The second-order valence-electron chi connectivity index (χ2n) is 10.5. The predicted octanol–water partition coefficient (Wildman–Crippen LogP) is 4.13. The van der Waals surface area contributed by atoms with Crippen molar-refractivity contribution in [3.63, 3.8) is 0 Å². The number of halogens is 1. The lowest BCUT2D eigenvalue weighted by atomic mass is 9.76. The van der Waals surface area contributed by atoms with Gasteiger partial charge < -0.3 is 9.64 Å². The van der Waals surface area contributed by atoms with Crippen LogP contribution in [0.25, 0.3) is 0 Å². The van der Waals surface area contributed by atoms with Crippen LogP contribution in [0.2, 0.25) is 5.02 Å². The van der Waals surface area contributed by atoms with Crippen LogP contribution in [0.1, 0.15) is 64.8 Å². The smallest absolute Gasteiger partial charge is 0.255 e. The zero-order valence-electron chi connectivity index (χ0n) is 23.3. The van der Waals surface area contributed by atoms with Crippen LogP contribution in [-0.2, 0) is 26.3 Å². The Morgan fingerprint density at radius 1 is 1.07 bits per heavy atom. The Kier molecular flexibility index (Phi) is 9.12. The van der Waals surface area contributed by atoms with Crippen LogP contribution >= 0.6 is 11.6 Å². The monoisotopic (exact) mass is 612 g/mol. The van der Waals surface area contributed by atoms with Crippen LogP contribution in [-0.4, -0.2) is 55.6 Å². The summed E-state index contributed by atoms with van der Waals surface area (Å²) in [7, 11) is -2.05. The van der Waals surface area contributed by atoms with Crippen molar-refractivity contribution in [2.75, 3.05) is 13.4 Å². The molecular weight excluding hydrogens is 580 g/mol. The number of sulfonamides is 1. The molecular formula is C30H33ClN4O6S. The highest BCUT2D eigenvalue weighted by atomic mass is 35.5. The number of ether oxygens (including phenoxy) is 1. The Morgan fingerprint density at radius 2 is 1.83 bits per heavy atom. The number of hydroxylamine groups is 1. The van der Waals surface area contributed by atoms with E-state index in [-0.39, 0.29) is 12.5 Å². The normalized spacial score (nSPS) is 22.4. The Bertz CT molecular complexity index is 1550. The predicted molar refractivity (Wildman–Crippen MR) is 157 cm³/mol. The minimum atomic E-state index is -3.58. The van der Waals surface area contributed by atoms with Gasteiger partial charge in [0.05, 0.1) is 31.0 Å². The highest BCUT2D eigenvalue weighted by Gasteiger charge is 2.49. The van der Waals surface area contributed by atoms with E-state index >= 15 is 0 Å². The zero-order valence-corrected chi connectivity index (χ0v) is 24.9. The van der Waals surface area contributed by atoms with E-state index in [0.717, 1.165) is 19.1 Å². The SMILES string of the molecule is COc1ccc([C@H]2[C@H](C(=O)NOCc3ccccn3)c3ccccc3C(=O)N2[C@H]2CCCC[C@@H]2NS(C)(=O)=O)c(Cl)c1. The van der Waals surface area contributed by atoms with Gasteiger partial charge in [-0.25, -0.2) is 18.6 Å². The number of hydrogen-bond donors (Lipinski definition) is 2. The maximum absolute atomic E-state index is 14.3. The summed E-state index contributed by atoms with van der Waals surface area (Å²) in [5, 5.41) is 0.312. The van der Waals surface area contributed by atoms with Crippen LogP contribution in [0.4, 0.5) is 0 Å². The molecule has 0 spiro atoms. The number of pyridine rings is 1. The third-order valence-corrected chi connectivity index (χ3v) is 8.81. The number of methoxy groups -OCH3 is 1. The van der Waals surface area contributed by atoms with Gasteiger partial charge in [-0.15, -0.1) is 0 Å². The molecule has 2 aromatic carbocycles. The molecule has 1 aliphatic heterocycles. The van der Waals surface area contributed by atoms with Gasteiger partial charge in [0, 0.05) is 28.9 Å². The van der Waals surface area contributed by atoms with Crippen LogP contribution in [0.15, 0.2) is 66.9 Å². The summed E-state index contributed by atoms with van der Waals surface area (Å²) in [4.78, 5) is 39.8. The number of hydrogen-bond acceptors (Lipinski definition) is 7. The quantitative estimate of drug-likeness (QED) is 0.348. The van der Waals surface area contributed by atoms with Gasteiger partial charge >= 0.3 is 0 Å². The molecule has 1 fully saturated rings. The van der Waals surface area contributed by atoms with Gasteiger partial charge in [0.1, 0.15) is 12.4 Å². The first-order chi connectivity index (χ1) is 20.2. The van der Waals surface area contributed by atoms with Crippen molar-refractivity contribution < 1.29 is 27.6 Å².